The highest BCUT2D eigenvalue weighted by atomic mass is 32.2. The molecule has 1 heterocycles. The maximum atomic E-state index is 12.8. The molecule has 0 spiro atoms. The lowest BCUT2D eigenvalue weighted by atomic mass is 9.99. The minimum Gasteiger partial charge on any atom is -0.481 e. The van der Waals surface area contributed by atoms with Gasteiger partial charge >= 0.3 is 5.97 Å². The van der Waals surface area contributed by atoms with Crippen LogP contribution in [0.25, 0.3) is 0 Å². The van der Waals surface area contributed by atoms with Gasteiger partial charge < -0.3 is 10.0 Å². The van der Waals surface area contributed by atoms with Crippen LogP contribution in [0, 0.1) is 17.7 Å². The number of thioether (sulfide) groups is 1. The Hall–Kier alpha value is -1.56. The number of carbonyl (C=O) groups is 2. The number of carbonyl (C=O) groups excluding carboxylic acids is 1. The highest BCUT2D eigenvalue weighted by Crippen LogP contribution is 2.25. The van der Waals surface area contributed by atoms with Crippen molar-refractivity contribution in [3.63, 3.8) is 0 Å². The maximum Gasteiger partial charge on any atom is 0.308 e. The molecule has 2 atom stereocenters. The Morgan fingerprint density at radius 2 is 2.00 bits per heavy atom. The van der Waals surface area contributed by atoms with Gasteiger partial charge in [0.2, 0.25) is 5.91 Å². The second kappa shape index (κ2) is 6.93. The first kappa shape index (κ1) is 15.8. The number of nitrogens with zero attached hydrogens (tertiary/aromatic N) is 1. The van der Waals surface area contributed by atoms with E-state index in [9.17, 15) is 14.0 Å². The van der Waals surface area contributed by atoms with Gasteiger partial charge in [-0.15, -0.1) is 11.8 Å². The fourth-order valence-electron chi connectivity index (χ4n) is 2.44. The number of benzene rings is 1. The molecular formula is C15H18FNO3S. The van der Waals surface area contributed by atoms with Gasteiger partial charge in [-0.05, 0) is 30.2 Å². The van der Waals surface area contributed by atoms with Gasteiger partial charge in [-0.3, -0.25) is 9.59 Å². The minimum absolute atomic E-state index is 0.00352. The van der Waals surface area contributed by atoms with Crippen LogP contribution in [0.2, 0.25) is 0 Å². The van der Waals surface area contributed by atoms with Crippen LogP contribution < -0.4 is 0 Å². The Kier molecular flexibility index (Phi) is 5.22. The first-order valence-electron chi connectivity index (χ1n) is 6.86. The van der Waals surface area contributed by atoms with Crippen molar-refractivity contribution in [1.82, 2.24) is 4.90 Å². The zero-order valence-electron chi connectivity index (χ0n) is 11.8. The number of halogens is 1. The van der Waals surface area contributed by atoms with E-state index in [-0.39, 0.29) is 17.6 Å². The van der Waals surface area contributed by atoms with Crippen molar-refractivity contribution < 1.29 is 19.1 Å². The minimum atomic E-state index is -0.835. The lowest BCUT2D eigenvalue weighted by Gasteiger charge is -2.15. The summed E-state index contributed by atoms with van der Waals surface area (Å²) in [6, 6.07) is 6.15. The van der Waals surface area contributed by atoms with Gasteiger partial charge in [0.1, 0.15) is 5.82 Å². The van der Waals surface area contributed by atoms with Crippen LogP contribution in [0.5, 0.6) is 0 Å². The van der Waals surface area contributed by atoms with Gasteiger partial charge in [-0.2, -0.15) is 0 Å². The summed E-state index contributed by atoms with van der Waals surface area (Å²) in [5, 5.41) is 9.06. The third kappa shape index (κ3) is 4.20. The second-order valence-electron chi connectivity index (χ2n) is 5.27. The summed E-state index contributed by atoms with van der Waals surface area (Å²) in [6.45, 7) is 2.67. The van der Waals surface area contributed by atoms with E-state index < -0.39 is 11.9 Å². The first-order valence-corrected chi connectivity index (χ1v) is 7.85. The predicted molar refractivity (Wildman–Crippen MR) is 78.6 cm³/mol. The summed E-state index contributed by atoms with van der Waals surface area (Å²) < 4.78 is 12.8. The molecule has 1 N–H and O–H groups in total. The molecule has 1 amide bonds. The standard InChI is InChI=1S/C15H18FNO3S/c1-10-8-17(9-13(10)15(19)20)14(18)6-7-21-12-4-2-11(16)3-5-12/h2-5,10,13H,6-9H2,1H3,(H,19,20). The molecule has 1 aliphatic heterocycles. The van der Waals surface area contributed by atoms with Gasteiger partial charge in [0, 0.05) is 30.2 Å². The topological polar surface area (TPSA) is 57.6 Å². The van der Waals surface area contributed by atoms with Crippen molar-refractivity contribution in [3.05, 3.63) is 30.1 Å². The number of carboxylic acids is 1. The molecule has 0 bridgehead atoms. The Morgan fingerprint density at radius 1 is 1.33 bits per heavy atom. The van der Waals surface area contributed by atoms with E-state index in [4.69, 9.17) is 5.11 Å². The summed E-state index contributed by atoms with van der Waals surface area (Å²) in [6.07, 6.45) is 0.362. The lowest BCUT2D eigenvalue weighted by molar-refractivity contribution is -0.142. The quantitative estimate of drug-likeness (QED) is 0.849. The van der Waals surface area contributed by atoms with Crippen LogP contribution in [-0.2, 0) is 9.59 Å². The van der Waals surface area contributed by atoms with Gasteiger partial charge in [0.25, 0.3) is 0 Å². The summed E-state index contributed by atoms with van der Waals surface area (Å²) in [4.78, 5) is 25.6. The van der Waals surface area contributed by atoms with Crippen LogP contribution >= 0.6 is 11.8 Å². The molecule has 1 fully saturated rings. The van der Waals surface area contributed by atoms with Crippen LogP contribution in [0.3, 0.4) is 0 Å². The van der Waals surface area contributed by atoms with Crippen molar-refractivity contribution in [3.8, 4) is 0 Å². The molecule has 2 unspecified atom stereocenters. The largest absolute Gasteiger partial charge is 0.481 e. The van der Waals surface area contributed by atoms with E-state index in [0.717, 1.165) is 4.90 Å². The molecule has 114 valence electrons. The van der Waals surface area contributed by atoms with E-state index in [1.807, 2.05) is 6.92 Å². The number of aliphatic carboxylic acids is 1. The summed E-state index contributed by atoms with van der Waals surface area (Å²) >= 11 is 1.49. The molecule has 1 aromatic rings. The smallest absolute Gasteiger partial charge is 0.308 e. The fourth-order valence-corrected chi connectivity index (χ4v) is 3.28. The molecule has 0 saturated carbocycles. The number of likely N-dealkylation sites (tertiary alicyclic amines) is 1. The maximum absolute atomic E-state index is 12.8. The summed E-state index contributed by atoms with van der Waals surface area (Å²) in [5.74, 6) is -0.984. The zero-order valence-corrected chi connectivity index (χ0v) is 12.6. The average Bonchev–Trinajstić information content (AvgIpc) is 2.83. The zero-order chi connectivity index (χ0) is 15.4. The fraction of sp³-hybridized carbons (Fsp3) is 0.467. The van der Waals surface area contributed by atoms with Crippen molar-refractivity contribution in [1.29, 1.82) is 0 Å². The molecule has 0 aliphatic carbocycles. The van der Waals surface area contributed by atoms with E-state index in [2.05, 4.69) is 0 Å². The highest BCUT2D eigenvalue weighted by Gasteiger charge is 2.36. The molecule has 0 radical (unpaired) electrons. The second-order valence-corrected chi connectivity index (χ2v) is 6.44. The van der Waals surface area contributed by atoms with Crippen molar-refractivity contribution in [2.45, 2.75) is 18.2 Å². The molecule has 0 aromatic heterocycles. The van der Waals surface area contributed by atoms with E-state index in [1.165, 1.54) is 23.9 Å². The van der Waals surface area contributed by atoms with Crippen molar-refractivity contribution >= 4 is 23.6 Å². The summed E-state index contributed by atoms with van der Waals surface area (Å²) in [7, 11) is 0. The predicted octanol–water partition coefficient (Wildman–Crippen LogP) is 2.49. The molecule has 1 aliphatic rings. The van der Waals surface area contributed by atoms with Crippen LogP contribution in [-0.4, -0.2) is 40.7 Å². The molecule has 1 saturated heterocycles. The number of amides is 1. The monoisotopic (exact) mass is 311 g/mol. The molecular weight excluding hydrogens is 293 g/mol. The van der Waals surface area contributed by atoms with E-state index in [0.29, 0.717) is 25.3 Å². The Bertz CT molecular complexity index is 520. The van der Waals surface area contributed by atoms with Crippen molar-refractivity contribution in [2.24, 2.45) is 11.8 Å². The molecule has 1 aromatic carbocycles. The number of hydrogen-bond acceptors (Lipinski definition) is 3. The van der Waals surface area contributed by atoms with Crippen LogP contribution in [0.1, 0.15) is 13.3 Å². The number of carboxylic acid groups (broad SMARTS) is 1. The molecule has 6 heteroatoms. The van der Waals surface area contributed by atoms with E-state index in [1.54, 1.807) is 17.0 Å². The Balaban J connectivity index is 1.77. The van der Waals surface area contributed by atoms with Gasteiger partial charge in [-0.25, -0.2) is 4.39 Å². The molecule has 2 rings (SSSR count). The number of hydrogen-bond donors (Lipinski definition) is 1. The van der Waals surface area contributed by atoms with E-state index >= 15 is 0 Å². The first-order chi connectivity index (χ1) is 9.97. The third-order valence-electron chi connectivity index (χ3n) is 3.68. The van der Waals surface area contributed by atoms with Gasteiger partial charge in [-0.1, -0.05) is 6.92 Å². The van der Waals surface area contributed by atoms with Gasteiger partial charge in [0.15, 0.2) is 0 Å². The van der Waals surface area contributed by atoms with Crippen molar-refractivity contribution in [2.75, 3.05) is 18.8 Å². The van der Waals surface area contributed by atoms with Gasteiger partial charge in [0.05, 0.1) is 5.92 Å². The lowest BCUT2D eigenvalue weighted by Crippen LogP contribution is -2.30. The van der Waals surface area contributed by atoms with Crippen LogP contribution in [0.4, 0.5) is 4.39 Å². The third-order valence-corrected chi connectivity index (χ3v) is 4.69. The molecule has 21 heavy (non-hydrogen) atoms. The Morgan fingerprint density at radius 3 is 2.57 bits per heavy atom. The molecule has 4 nitrogen and oxygen atoms in total. The number of rotatable bonds is 5. The highest BCUT2D eigenvalue weighted by molar-refractivity contribution is 7.99. The normalized spacial score (nSPS) is 21.5. The Labute approximate surface area is 127 Å². The van der Waals surface area contributed by atoms with Crippen LogP contribution in [0.15, 0.2) is 29.2 Å². The summed E-state index contributed by atoms with van der Waals surface area (Å²) in [5.41, 5.74) is 0. The average molecular weight is 311 g/mol. The SMILES string of the molecule is CC1CN(C(=O)CCSc2ccc(F)cc2)CC1C(=O)O.